The molecule has 0 heteroatoms. The van der Waals surface area contributed by atoms with Gasteiger partial charge in [0.05, 0.1) is 0 Å². The molecule has 0 unspecified atom stereocenters. The predicted octanol–water partition coefficient (Wildman–Crippen LogP) is 2.96. The first-order chi connectivity index (χ1) is 3.85. The summed E-state index contributed by atoms with van der Waals surface area (Å²) in [6.07, 6.45) is 6.74. The average Bonchev–Trinajstić information content (AvgIpc) is 1.83. The van der Waals surface area contributed by atoms with Crippen molar-refractivity contribution in [2.45, 2.75) is 33.6 Å². The van der Waals surface area contributed by atoms with E-state index in [4.69, 9.17) is 0 Å². The van der Waals surface area contributed by atoms with Crippen LogP contribution in [0.4, 0.5) is 0 Å². The van der Waals surface area contributed by atoms with Gasteiger partial charge in [-0.1, -0.05) is 13.0 Å². The first-order valence-electron chi connectivity index (χ1n) is 3.27. The minimum atomic E-state index is 1.16. The zero-order chi connectivity index (χ0) is 6.41. The van der Waals surface area contributed by atoms with Crippen molar-refractivity contribution >= 4 is 0 Å². The molecule has 0 heterocycles. The number of hydrogen-bond acceptors (Lipinski definition) is 0. The lowest BCUT2D eigenvalue weighted by Crippen LogP contribution is -1.77. The van der Waals surface area contributed by atoms with Crippen molar-refractivity contribution in [3.8, 4) is 0 Å². The summed E-state index contributed by atoms with van der Waals surface area (Å²) in [7, 11) is 0. The first-order valence-corrected chi connectivity index (χ1v) is 3.27. The molecular weight excluding hydrogens is 96.1 g/mol. The molecule has 0 bridgehead atoms. The Morgan fingerprint density at radius 1 is 1.62 bits per heavy atom. The highest BCUT2D eigenvalue weighted by Gasteiger charge is 1.80. The van der Waals surface area contributed by atoms with E-state index >= 15 is 0 Å². The second-order valence-electron chi connectivity index (χ2n) is 1.91. The average molecular weight is 111 g/mol. The van der Waals surface area contributed by atoms with E-state index in [1.807, 2.05) is 0 Å². The molecule has 0 aliphatic rings. The fourth-order valence-corrected chi connectivity index (χ4v) is 0.729. The highest BCUT2D eigenvalue weighted by atomic mass is 13.9. The topological polar surface area (TPSA) is 0 Å². The van der Waals surface area contributed by atoms with Gasteiger partial charge in [-0.25, -0.2) is 0 Å². The van der Waals surface area contributed by atoms with Gasteiger partial charge in [0.2, 0.25) is 0 Å². The van der Waals surface area contributed by atoms with Gasteiger partial charge in [-0.3, -0.25) is 0 Å². The van der Waals surface area contributed by atoms with E-state index in [0.717, 1.165) is 6.42 Å². The maximum absolute atomic E-state index is 2.19. The third-order valence-electron chi connectivity index (χ3n) is 1.33. The molecule has 0 spiro atoms. The van der Waals surface area contributed by atoms with Crippen LogP contribution < -0.4 is 0 Å². The van der Waals surface area contributed by atoms with E-state index in [0.29, 0.717) is 0 Å². The fraction of sp³-hybridized carbons (Fsp3) is 0.625. The van der Waals surface area contributed by atoms with Crippen LogP contribution in [0.1, 0.15) is 33.6 Å². The molecule has 0 aliphatic carbocycles. The Bertz CT molecular complexity index is 70.1. The predicted molar refractivity (Wildman–Crippen MR) is 38.6 cm³/mol. The van der Waals surface area contributed by atoms with E-state index in [1.54, 1.807) is 0 Å². The third-order valence-corrected chi connectivity index (χ3v) is 1.33. The van der Waals surface area contributed by atoms with Crippen LogP contribution in [0.15, 0.2) is 11.6 Å². The standard InChI is InChI=1S/C8H15/c1-4-7-8(5-2)6-3/h4-5H,6-7H2,1-3H3/q-1/b8-5+. The lowest BCUT2D eigenvalue weighted by molar-refractivity contribution is 0.981. The number of hydrogen-bond donors (Lipinski definition) is 0. The van der Waals surface area contributed by atoms with Gasteiger partial charge < -0.3 is 6.42 Å². The molecule has 0 N–H and O–H groups in total. The zero-order valence-electron chi connectivity index (χ0n) is 6.07. The van der Waals surface area contributed by atoms with Gasteiger partial charge in [0.15, 0.2) is 0 Å². The van der Waals surface area contributed by atoms with Crippen LogP contribution in [0.3, 0.4) is 0 Å². The van der Waals surface area contributed by atoms with E-state index in [-0.39, 0.29) is 0 Å². The van der Waals surface area contributed by atoms with Crippen molar-refractivity contribution in [1.82, 2.24) is 0 Å². The smallest absolute Gasteiger partial charge is 0.0375 e. The maximum atomic E-state index is 2.19. The van der Waals surface area contributed by atoms with Crippen LogP contribution in [0.2, 0.25) is 0 Å². The third kappa shape index (κ3) is 2.84. The molecule has 0 nitrogen and oxygen atoms in total. The Kier molecular flexibility index (Phi) is 4.73. The molecule has 0 saturated carbocycles. The molecule has 8 heavy (non-hydrogen) atoms. The largest absolute Gasteiger partial charge is 0.328 e. The molecular formula is C8H15-. The van der Waals surface area contributed by atoms with Gasteiger partial charge in [-0.15, -0.1) is 5.57 Å². The first kappa shape index (κ1) is 7.74. The van der Waals surface area contributed by atoms with Crippen molar-refractivity contribution in [3.05, 3.63) is 18.1 Å². The van der Waals surface area contributed by atoms with E-state index < -0.39 is 0 Å². The Morgan fingerprint density at radius 3 is 2.38 bits per heavy atom. The fourth-order valence-electron chi connectivity index (χ4n) is 0.729. The molecule has 0 radical (unpaired) electrons. The summed E-state index contributed by atoms with van der Waals surface area (Å²) in [6, 6.07) is 0. The van der Waals surface area contributed by atoms with Crippen LogP contribution in [0.5, 0.6) is 0 Å². The highest BCUT2D eigenvalue weighted by Crippen LogP contribution is 2.06. The summed E-state index contributed by atoms with van der Waals surface area (Å²) >= 11 is 0. The SMILES string of the molecule is C/C=C(\CC)C[CH-]C. The van der Waals surface area contributed by atoms with Crippen molar-refractivity contribution in [1.29, 1.82) is 0 Å². The lowest BCUT2D eigenvalue weighted by Gasteiger charge is -2.05. The molecule has 0 amide bonds. The van der Waals surface area contributed by atoms with Gasteiger partial charge in [0.25, 0.3) is 0 Å². The monoisotopic (exact) mass is 111 g/mol. The van der Waals surface area contributed by atoms with E-state index in [9.17, 15) is 0 Å². The number of rotatable bonds is 3. The van der Waals surface area contributed by atoms with E-state index in [2.05, 4.69) is 33.3 Å². The second kappa shape index (κ2) is 4.89. The quantitative estimate of drug-likeness (QED) is 0.388. The Labute approximate surface area is 52.6 Å². The molecule has 0 fully saturated rings. The summed E-state index contributed by atoms with van der Waals surface area (Å²) in [5.41, 5.74) is 1.53. The van der Waals surface area contributed by atoms with Crippen molar-refractivity contribution < 1.29 is 0 Å². The van der Waals surface area contributed by atoms with Gasteiger partial charge in [0, 0.05) is 0 Å². The molecule has 0 saturated heterocycles. The molecule has 0 aromatic carbocycles. The van der Waals surface area contributed by atoms with Crippen molar-refractivity contribution in [3.63, 3.8) is 0 Å². The van der Waals surface area contributed by atoms with Crippen LogP contribution in [0.25, 0.3) is 0 Å². The highest BCUT2D eigenvalue weighted by molar-refractivity contribution is 5.01. The summed E-state index contributed by atoms with van der Waals surface area (Å²) in [6.45, 7) is 6.39. The normalized spacial score (nSPS) is 12.1. The molecule has 0 aliphatic heterocycles. The van der Waals surface area contributed by atoms with Gasteiger partial charge in [-0.2, -0.15) is 13.3 Å². The Hall–Kier alpha value is -0.260. The molecule has 0 rings (SSSR count). The van der Waals surface area contributed by atoms with Crippen molar-refractivity contribution in [2.24, 2.45) is 0 Å². The number of allylic oxidation sites excluding steroid dienone is 2. The molecule has 0 aromatic heterocycles. The minimum Gasteiger partial charge on any atom is -0.328 e. The van der Waals surface area contributed by atoms with Crippen LogP contribution in [-0.2, 0) is 0 Å². The van der Waals surface area contributed by atoms with Gasteiger partial charge >= 0.3 is 0 Å². The van der Waals surface area contributed by atoms with Crippen LogP contribution in [0, 0.1) is 6.42 Å². The molecule has 0 aromatic rings. The lowest BCUT2D eigenvalue weighted by atomic mass is 10.1. The van der Waals surface area contributed by atoms with Gasteiger partial charge in [0.1, 0.15) is 0 Å². The van der Waals surface area contributed by atoms with E-state index in [1.165, 1.54) is 12.0 Å². The summed E-state index contributed by atoms with van der Waals surface area (Å²) < 4.78 is 0. The minimum absolute atomic E-state index is 1.16. The Morgan fingerprint density at radius 2 is 2.25 bits per heavy atom. The molecule has 0 atom stereocenters. The van der Waals surface area contributed by atoms with Crippen LogP contribution in [-0.4, -0.2) is 0 Å². The second-order valence-corrected chi connectivity index (χ2v) is 1.91. The summed E-state index contributed by atoms with van der Waals surface area (Å²) in [5.74, 6) is 0. The zero-order valence-corrected chi connectivity index (χ0v) is 6.07. The summed E-state index contributed by atoms with van der Waals surface area (Å²) in [5, 5.41) is 0. The summed E-state index contributed by atoms with van der Waals surface area (Å²) in [4.78, 5) is 0. The van der Waals surface area contributed by atoms with Crippen molar-refractivity contribution in [2.75, 3.05) is 0 Å². The maximum Gasteiger partial charge on any atom is -0.0375 e. The van der Waals surface area contributed by atoms with Gasteiger partial charge in [-0.05, 0) is 13.3 Å². The Balaban J connectivity index is 3.38. The van der Waals surface area contributed by atoms with Crippen LogP contribution >= 0.6 is 0 Å². The molecule has 48 valence electrons.